The molecule has 2 rings (SSSR count). The maximum atomic E-state index is 12.4. The van der Waals surface area contributed by atoms with Crippen molar-refractivity contribution in [3.05, 3.63) is 17.8 Å². The number of carbonyl (C=O) groups excluding carboxylic acids is 1. The minimum atomic E-state index is -4.50. The molecule has 0 amide bonds. The number of aromatic nitrogens is 2. The largest absolute Gasteiger partial charge is 0.466 e. The summed E-state index contributed by atoms with van der Waals surface area (Å²) in [4.78, 5) is 13.5. The van der Waals surface area contributed by atoms with Crippen molar-refractivity contribution in [1.29, 1.82) is 0 Å². The fourth-order valence-electron chi connectivity index (χ4n) is 2.28. The van der Waals surface area contributed by atoms with Crippen LogP contribution < -0.4 is 4.90 Å². The second-order valence-electron chi connectivity index (χ2n) is 4.81. The van der Waals surface area contributed by atoms with Gasteiger partial charge in [-0.15, -0.1) is 10.2 Å². The third kappa shape index (κ3) is 3.83. The van der Waals surface area contributed by atoms with Crippen LogP contribution in [-0.2, 0) is 15.7 Å². The summed E-state index contributed by atoms with van der Waals surface area (Å²) in [5.41, 5.74) is -1.02. The van der Waals surface area contributed by atoms with Crippen LogP contribution in [0.1, 0.15) is 25.5 Å². The summed E-state index contributed by atoms with van der Waals surface area (Å²) in [6.07, 6.45) is -3.03. The van der Waals surface area contributed by atoms with E-state index in [-0.39, 0.29) is 11.9 Å². The number of ether oxygens (including phenoxy) is 1. The zero-order valence-electron chi connectivity index (χ0n) is 11.6. The smallest absolute Gasteiger partial charge is 0.435 e. The lowest BCUT2D eigenvalue weighted by Crippen LogP contribution is -2.40. The average Bonchev–Trinajstić information content (AvgIpc) is 2.47. The van der Waals surface area contributed by atoms with Gasteiger partial charge < -0.3 is 9.64 Å². The van der Waals surface area contributed by atoms with Crippen molar-refractivity contribution >= 4 is 11.8 Å². The average molecular weight is 303 g/mol. The zero-order valence-corrected chi connectivity index (χ0v) is 11.6. The third-order valence-corrected chi connectivity index (χ3v) is 3.31. The van der Waals surface area contributed by atoms with E-state index in [0.29, 0.717) is 31.9 Å². The Morgan fingerprint density at radius 2 is 2.19 bits per heavy atom. The van der Waals surface area contributed by atoms with Gasteiger partial charge in [-0.05, 0) is 31.9 Å². The Morgan fingerprint density at radius 1 is 1.43 bits per heavy atom. The highest BCUT2D eigenvalue weighted by Crippen LogP contribution is 2.28. The first-order chi connectivity index (χ1) is 9.91. The van der Waals surface area contributed by atoms with Crippen LogP contribution in [0.15, 0.2) is 12.1 Å². The van der Waals surface area contributed by atoms with Gasteiger partial charge in [0.1, 0.15) is 0 Å². The van der Waals surface area contributed by atoms with Gasteiger partial charge in [0, 0.05) is 13.1 Å². The lowest BCUT2D eigenvalue weighted by molar-refractivity contribution is -0.148. The molecule has 0 aliphatic carbocycles. The van der Waals surface area contributed by atoms with Gasteiger partial charge >= 0.3 is 12.1 Å². The number of alkyl halides is 3. The van der Waals surface area contributed by atoms with E-state index < -0.39 is 11.9 Å². The molecule has 5 nitrogen and oxygen atoms in total. The number of halogens is 3. The second kappa shape index (κ2) is 6.28. The molecule has 0 spiro atoms. The summed E-state index contributed by atoms with van der Waals surface area (Å²) in [7, 11) is 0. The number of nitrogens with zero attached hydrogens (tertiary/aromatic N) is 3. The Labute approximate surface area is 120 Å². The number of carbonyl (C=O) groups is 1. The quantitative estimate of drug-likeness (QED) is 0.802. The molecule has 2 heterocycles. The maximum Gasteiger partial charge on any atom is 0.435 e. The van der Waals surface area contributed by atoms with Crippen LogP contribution >= 0.6 is 0 Å². The molecule has 1 fully saturated rings. The lowest BCUT2D eigenvalue weighted by Gasteiger charge is -2.32. The topological polar surface area (TPSA) is 55.3 Å². The Morgan fingerprint density at radius 3 is 2.76 bits per heavy atom. The third-order valence-electron chi connectivity index (χ3n) is 3.31. The lowest BCUT2D eigenvalue weighted by atomic mass is 9.98. The van der Waals surface area contributed by atoms with E-state index in [1.807, 2.05) is 0 Å². The van der Waals surface area contributed by atoms with Gasteiger partial charge in [0.05, 0.1) is 12.5 Å². The molecule has 116 valence electrons. The van der Waals surface area contributed by atoms with E-state index in [9.17, 15) is 18.0 Å². The molecule has 1 aromatic heterocycles. The predicted octanol–water partition coefficient (Wildman–Crippen LogP) is 2.27. The summed E-state index contributed by atoms with van der Waals surface area (Å²) in [6.45, 7) is 3.07. The first-order valence-corrected chi connectivity index (χ1v) is 6.74. The zero-order chi connectivity index (χ0) is 15.5. The first kappa shape index (κ1) is 15.5. The standard InChI is InChI=1S/C13H16F3N3O2/c1-2-21-12(20)9-4-3-7-19(8-9)11-6-5-10(17-18-11)13(14,15)16/h5-6,9H,2-4,7-8H2,1H3/t9-/m0/s1. The Balaban J connectivity index is 2.06. The highest BCUT2D eigenvalue weighted by atomic mass is 19.4. The van der Waals surface area contributed by atoms with Crippen LogP contribution in [0.3, 0.4) is 0 Å². The molecule has 0 bridgehead atoms. The molecule has 1 atom stereocenters. The Hall–Kier alpha value is -1.86. The fourth-order valence-corrected chi connectivity index (χ4v) is 2.28. The van der Waals surface area contributed by atoms with Crippen LogP contribution in [0.4, 0.5) is 19.0 Å². The molecule has 1 aliphatic rings. The van der Waals surface area contributed by atoms with Crippen LogP contribution in [-0.4, -0.2) is 35.9 Å². The van der Waals surface area contributed by atoms with Crippen LogP contribution in [0, 0.1) is 5.92 Å². The van der Waals surface area contributed by atoms with Crippen molar-refractivity contribution < 1.29 is 22.7 Å². The number of hydrogen-bond acceptors (Lipinski definition) is 5. The molecule has 0 radical (unpaired) electrons. The van der Waals surface area contributed by atoms with Crippen molar-refractivity contribution in [2.24, 2.45) is 5.92 Å². The number of esters is 1. The maximum absolute atomic E-state index is 12.4. The second-order valence-corrected chi connectivity index (χ2v) is 4.81. The summed E-state index contributed by atoms with van der Waals surface area (Å²) >= 11 is 0. The minimum Gasteiger partial charge on any atom is -0.466 e. The first-order valence-electron chi connectivity index (χ1n) is 6.74. The van der Waals surface area contributed by atoms with Gasteiger partial charge in [-0.3, -0.25) is 4.79 Å². The van der Waals surface area contributed by atoms with Gasteiger partial charge in [-0.1, -0.05) is 0 Å². The van der Waals surface area contributed by atoms with E-state index in [1.165, 1.54) is 6.07 Å². The van der Waals surface area contributed by atoms with E-state index >= 15 is 0 Å². The molecule has 21 heavy (non-hydrogen) atoms. The predicted molar refractivity (Wildman–Crippen MR) is 68.6 cm³/mol. The van der Waals surface area contributed by atoms with Crippen molar-refractivity contribution in [3.8, 4) is 0 Å². The van der Waals surface area contributed by atoms with Crippen molar-refractivity contribution in [3.63, 3.8) is 0 Å². The van der Waals surface area contributed by atoms with E-state index in [4.69, 9.17) is 4.74 Å². The molecule has 0 N–H and O–H groups in total. The highest BCUT2D eigenvalue weighted by Gasteiger charge is 2.33. The van der Waals surface area contributed by atoms with Gasteiger partial charge in [-0.25, -0.2) is 0 Å². The van der Waals surface area contributed by atoms with Gasteiger partial charge in [0.2, 0.25) is 0 Å². The van der Waals surface area contributed by atoms with Gasteiger partial charge in [0.15, 0.2) is 11.5 Å². The highest BCUT2D eigenvalue weighted by molar-refractivity contribution is 5.73. The molecule has 8 heteroatoms. The van der Waals surface area contributed by atoms with Crippen molar-refractivity contribution in [2.75, 3.05) is 24.6 Å². The summed E-state index contributed by atoms with van der Waals surface area (Å²) in [6, 6.07) is 2.18. The summed E-state index contributed by atoms with van der Waals surface area (Å²) in [5, 5.41) is 6.81. The molecular weight excluding hydrogens is 287 g/mol. The number of anilines is 1. The molecule has 1 aromatic rings. The van der Waals surface area contributed by atoms with E-state index in [0.717, 1.165) is 12.5 Å². The molecule has 0 unspecified atom stereocenters. The van der Waals surface area contributed by atoms with Crippen molar-refractivity contribution in [2.45, 2.75) is 25.9 Å². The summed E-state index contributed by atoms with van der Waals surface area (Å²) < 4.78 is 42.3. The molecule has 1 aliphatic heterocycles. The Bertz CT molecular complexity index is 490. The molecule has 0 saturated carbocycles. The molecular formula is C13H16F3N3O2. The monoisotopic (exact) mass is 303 g/mol. The number of hydrogen-bond donors (Lipinski definition) is 0. The van der Waals surface area contributed by atoms with Crippen molar-refractivity contribution in [1.82, 2.24) is 10.2 Å². The van der Waals surface area contributed by atoms with E-state index in [1.54, 1.807) is 11.8 Å². The minimum absolute atomic E-state index is 0.275. The fraction of sp³-hybridized carbons (Fsp3) is 0.615. The summed E-state index contributed by atoms with van der Waals surface area (Å²) in [5.74, 6) is -0.207. The Kier molecular flexibility index (Phi) is 4.64. The normalized spacial score (nSPS) is 19.4. The van der Waals surface area contributed by atoms with Crippen LogP contribution in [0.5, 0.6) is 0 Å². The number of piperidine rings is 1. The SMILES string of the molecule is CCOC(=O)[C@H]1CCCN(c2ccc(C(F)(F)F)nn2)C1. The van der Waals surface area contributed by atoms with Gasteiger partial charge in [-0.2, -0.15) is 13.2 Å². The molecule has 1 saturated heterocycles. The number of rotatable bonds is 3. The van der Waals surface area contributed by atoms with Crippen LogP contribution in [0.2, 0.25) is 0 Å². The van der Waals surface area contributed by atoms with Gasteiger partial charge in [0.25, 0.3) is 0 Å². The van der Waals surface area contributed by atoms with Crippen LogP contribution in [0.25, 0.3) is 0 Å². The van der Waals surface area contributed by atoms with E-state index in [2.05, 4.69) is 10.2 Å². The molecule has 0 aromatic carbocycles.